The Labute approximate surface area is 109 Å². The first kappa shape index (κ1) is 13.0. The minimum atomic E-state index is 0.491. The van der Waals surface area contributed by atoms with E-state index in [1.807, 2.05) is 12.1 Å². The molecule has 0 bridgehead atoms. The van der Waals surface area contributed by atoms with E-state index in [0.29, 0.717) is 11.7 Å². The van der Waals surface area contributed by atoms with E-state index in [1.54, 1.807) is 6.20 Å². The van der Waals surface area contributed by atoms with Gasteiger partial charge in [0.25, 0.3) is 0 Å². The van der Waals surface area contributed by atoms with E-state index in [4.69, 9.17) is 5.26 Å². The largest absolute Gasteiger partial charge is 0.311 e. The number of nitriles is 1. The van der Waals surface area contributed by atoms with Gasteiger partial charge in [-0.15, -0.1) is 0 Å². The molecule has 1 aromatic heterocycles. The van der Waals surface area contributed by atoms with E-state index in [9.17, 15) is 0 Å². The fourth-order valence-electron chi connectivity index (χ4n) is 2.57. The van der Waals surface area contributed by atoms with Crippen molar-refractivity contribution in [2.24, 2.45) is 0 Å². The molecular formula is C14H20N4. The number of aromatic nitrogens is 1. The Hall–Kier alpha value is -1.44. The van der Waals surface area contributed by atoms with Crippen LogP contribution in [0.1, 0.15) is 31.0 Å². The number of hydrogen-bond acceptors (Lipinski definition) is 4. The third kappa shape index (κ3) is 3.28. The zero-order chi connectivity index (χ0) is 12.8. The minimum Gasteiger partial charge on any atom is -0.311 e. The lowest BCUT2D eigenvalue weighted by molar-refractivity contribution is 0.260. The zero-order valence-electron chi connectivity index (χ0n) is 10.9. The summed E-state index contributed by atoms with van der Waals surface area (Å²) in [6.07, 6.45) is 4.30. The molecule has 1 saturated heterocycles. The predicted octanol–water partition coefficient (Wildman–Crippen LogP) is 1.53. The van der Waals surface area contributed by atoms with Crippen molar-refractivity contribution in [1.29, 1.82) is 5.26 Å². The fraction of sp³-hybridized carbons (Fsp3) is 0.571. The summed E-state index contributed by atoms with van der Waals surface area (Å²) in [5.74, 6) is 0. The topological polar surface area (TPSA) is 52.0 Å². The lowest BCUT2D eigenvalue weighted by atomic mass is 10.2. The number of likely N-dealkylation sites (tertiary alicyclic amines) is 1. The van der Waals surface area contributed by atoms with E-state index in [2.05, 4.69) is 28.2 Å². The van der Waals surface area contributed by atoms with Crippen molar-refractivity contribution in [2.75, 3.05) is 19.6 Å². The van der Waals surface area contributed by atoms with Gasteiger partial charge >= 0.3 is 0 Å². The SMILES string of the molecule is CCN1CCCC1CNCc1ccnc(C#N)c1. The summed E-state index contributed by atoms with van der Waals surface area (Å²) >= 11 is 0. The maximum Gasteiger partial charge on any atom is 0.140 e. The summed E-state index contributed by atoms with van der Waals surface area (Å²) in [5, 5.41) is 12.3. The Morgan fingerprint density at radius 1 is 1.61 bits per heavy atom. The molecule has 1 fully saturated rings. The van der Waals surface area contributed by atoms with Crippen LogP contribution in [0.15, 0.2) is 18.3 Å². The summed E-state index contributed by atoms with van der Waals surface area (Å²) in [4.78, 5) is 6.50. The van der Waals surface area contributed by atoms with Gasteiger partial charge in [-0.05, 0) is 43.6 Å². The molecule has 0 amide bonds. The normalized spacial score (nSPS) is 19.9. The van der Waals surface area contributed by atoms with Gasteiger partial charge in [-0.3, -0.25) is 4.90 Å². The minimum absolute atomic E-state index is 0.491. The molecule has 1 aliphatic rings. The number of hydrogen-bond donors (Lipinski definition) is 1. The monoisotopic (exact) mass is 244 g/mol. The third-order valence-corrected chi connectivity index (χ3v) is 3.55. The first-order chi connectivity index (χ1) is 8.83. The molecule has 2 rings (SSSR count). The second kappa shape index (κ2) is 6.48. The van der Waals surface area contributed by atoms with Crippen LogP contribution < -0.4 is 5.32 Å². The van der Waals surface area contributed by atoms with Crippen LogP contribution in [0, 0.1) is 11.3 Å². The van der Waals surface area contributed by atoms with Crippen LogP contribution in [-0.4, -0.2) is 35.6 Å². The molecule has 4 heteroatoms. The second-order valence-corrected chi connectivity index (χ2v) is 4.72. The highest BCUT2D eigenvalue weighted by molar-refractivity contribution is 5.25. The zero-order valence-corrected chi connectivity index (χ0v) is 10.9. The highest BCUT2D eigenvalue weighted by Gasteiger charge is 2.21. The average Bonchev–Trinajstić information content (AvgIpc) is 2.86. The number of nitrogens with zero attached hydrogens (tertiary/aromatic N) is 3. The first-order valence-corrected chi connectivity index (χ1v) is 6.63. The molecular weight excluding hydrogens is 224 g/mol. The average molecular weight is 244 g/mol. The van der Waals surface area contributed by atoms with Crippen LogP contribution in [0.3, 0.4) is 0 Å². The van der Waals surface area contributed by atoms with Crippen LogP contribution >= 0.6 is 0 Å². The van der Waals surface area contributed by atoms with Crippen molar-refractivity contribution >= 4 is 0 Å². The predicted molar refractivity (Wildman–Crippen MR) is 70.9 cm³/mol. The standard InChI is InChI=1S/C14H20N4/c1-2-18-7-3-4-14(18)11-16-10-12-5-6-17-13(8-12)9-15/h5-6,8,14,16H,2-4,7,10-11H2,1H3. The van der Waals surface area contributed by atoms with Gasteiger partial charge < -0.3 is 5.32 Å². The summed E-state index contributed by atoms with van der Waals surface area (Å²) < 4.78 is 0. The molecule has 2 heterocycles. The van der Waals surface area contributed by atoms with Crippen LogP contribution in [0.4, 0.5) is 0 Å². The number of pyridine rings is 1. The quantitative estimate of drug-likeness (QED) is 0.853. The van der Waals surface area contributed by atoms with Crippen LogP contribution in [0.25, 0.3) is 0 Å². The van der Waals surface area contributed by atoms with Crippen LogP contribution in [-0.2, 0) is 6.54 Å². The Morgan fingerprint density at radius 2 is 2.50 bits per heavy atom. The lowest BCUT2D eigenvalue weighted by Gasteiger charge is -2.22. The molecule has 1 aliphatic heterocycles. The highest BCUT2D eigenvalue weighted by Crippen LogP contribution is 2.15. The van der Waals surface area contributed by atoms with Gasteiger partial charge in [-0.25, -0.2) is 4.98 Å². The maximum absolute atomic E-state index is 8.79. The van der Waals surface area contributed by atoms with E-state index < -0.39 is 0 Å². The smallest absolute Gasteiger partial charge is 0.140 e. The molecule has 0 spiro atoms. The molecule has 1 aromatic rings. The van der Waals surface area contributed by atoms with E-state index in [1.165, 1.54) is 19.4 Å². The molecule has 18 heavy (non-hydrogen) atoms. The molecule has 0 aliphatic carbocycles. The number of likely N-dealkylation sites (N-methyl/N-ethyl adjacent to an activating group) is 1. The first-order valence-electron chi connectivity index (χ1n) is 6.63. The Bertz CT molecular complexity index is 424. The Balaban J connectivity index is 1.79. The Morgan fingerprint density at radius 3 is 3.28 bits per heavy atom. The van der Waals surface area contributed by atoms with Gasteiger partial charge in [0.05, 0.1) is 0 Å². The second-order valence-electron chi connectivity index (χ2n) is 4.72. The van der Waals surface area contributed by atoms with Gasteiger partial charge in [0, 0.05) is 25.3 Å². The van der Waals surface area contributed by atoms with Gasteiger partial charge in [-0.2, -0.15) is 5.26 Å². The lowest BCUT2D eigenvalue weighted by Crippen LogP contribution is -2.37. The summed E-state index contributed by atoms with van der Waals surface area (Å²) in [6.45, 7) is 6.43. The van der Waals surface area contributed by atoms with Crippen molar-refractivity contribution in [3.8, 4) is 6.07 Å². The molecule has 96 valence electrons. The summed E-state index contributed by atoms with van der Waals surface area (Å²) in [6, 6.07) is 6.55. The van der Waals surface area contributed by atoms with Crippen molar-refractivity contribution in [1.82, 2.24) is 15.2 Å². The molecule has 0 aromatic carbocycles. The molecule has 0 saturated carbocycles. The van der Waals surface area contributed by atoms with Crippen molar-refractivity contribution in [3.63, 3.8) is 0 Å². The highest BCUT2D eigenvalue weighted by atomic mass is 15.2. The Kier molecular flexibility index (Phi) is 4.68. The van der Waals surface area contributed by atoms with Crippen LogP contribution in [0.2, 0.25) is 0 Å². The van der Waals surface area contributed by atoms with Gasteiger partial charge in [0.15, 0.2) is 0 Å². The van der Waals surface area contributed by atoms with Crippen molar-refractivity contribution in [2.45, 2.75) is 32.4 Å². The molecule has 0 radical (unpaired) electrons. The number of nitrogens with one attached hydrogen (secondary N) is 1. The van der Waals surface area contributed by atoms with Crippen molar-refractivity contribution in [3.05, 3.63) is 29.6 Å². The summed E-state index contributed by atoms with van der Waals surface area (Å²) in [7, 11) is 0. The fourth-order valence-corrected chi connectivity index (χ4v) is 2.57. The van der Waals surface area contributed by atoms with Gasteiger partial charge in [0.2, 0.25) is 0 Å². The molecule has 1 atom stereocenters. The summed E-state index contributed by atoms with van der Waals surface area (Å²) in [5.41, 5.74) is 1.62. The van der Waals surface area contributed by atoms with Gasteiger partial charge in [-0.1, -0.05) is 6.92 Å². The van der Waals surface area contributed by atoms with Crippen LogP contribution in [0.5, 0.6) is 0 Å². The van der Waals surface area contributed by atoms with E-state index in [-0.39, 0.29) is 0 Å². The third-order valence-electron chi connectivity index (χ3n) is 3.55. The van der Waals surface area contributed by atoms with E-state index in [0.717, 1.165) is 25.2 Å². The molecule has 1 unspecified atom stereocenters. The molecule has 1 N–H and O–H groups in total. The van der Waals surface area contributed by atoms with Crippen molar-refractivity contribution < 1.29 is 0 Å². The maximum atomic E-state index is 8.79. The molecule has 4 nitrogen and oxygen atoms in total. The van der Waals surface area contributed by atoms with Gasteiger partial charge in [0.1, 0.15) is 11.8 Å². The number of rotatable bonds is 5. The van der Waals surface area contributed by atoms with E-state index >= 15 is 0 Å².